The van der Waals surface area contributed by atoms with Gasteiger partial charge in [-0.25, -0.2) is 8.42 Å². The summed E-state index contributed by atoms with van der Waals surface area (Å²) in [6, 6.07) is 6.83. The normalized spacial score (nSPS) is 21.7. The number of nitrogens with zero attached hydrogens (tertiary/aromatic N) is 3. The van der Waals surface area contributed by atoms with E-state index in [1.165, 1.54) is 0 Å². The minimum absolute atomic E-state index is 0.0530. The Morgan fingerprint density at radius 1 is 1.23 bits per heavy atom. The van der Waals surface area contributed by atoms with Gasteiger partial charge in [-0.3, -0.25) is 4.79 Å². The molecule has 2 aromatic rings. The summed E-state index contributed by atoms with van der Waals surface area (Å²) in [5.74, 6) is 1.67. The van der Waals surface area contributed by atoms with Crippen LogP contribution in [0.3, 0.4) is 0 Å². The van der Waals surface area contributed by atoms with E-state index < -0.39 is 9.84 Å². The summed E-state index contributed by atoms with van der Waals surface area (Å²) < 4.78 is 28.7. The lowest BCUT2D eigenvalue weighted by Crippen LogP contribution is -2.40. The zero-order valence-electron chi connectivity index (χ0n) is 14.6. The van der Waals surface area contributed by atoms with Crippen LogP contribution in [0.1, 0.15) is 48.4 Å². The lowest BCUT2D eigenvalue weighted by molar-refractivity contribution is 0.0708. The Bertz CT molecular complexity index is 916. The SMILES string of the molecule is CCN(C(=O)c1ccc(-c2noc(C3CC3)n2)cc1)[C@@H]1CCS(=O)(=O)C1. The Hall–Kier alpha value is -2.22. The van der Waals surface area contributed by atoms with Crippen LogP contribution in [0.25, 0.3) is 11.4 Å². The van der Waals surface area contributed by atoms with Crippen LogP contribution in [-0.2, 0) is 9.84 Å². The molecule has 7 nitrogen and oxygen atoms in total. The van der Waals surface area contributed by atoms with E-state index in [1.54, 1.807) is 29.2 Å². The Kier molecular flexibility index (Phi) is 4.30. The van der Waals surface area contributed by atoms with Crippen molar-refractivity contribution in [2.24, 2.45) is 0 Å². The zero-order chi connectivity index (χ0) is 18.3. The van der Waals surface area contributed by atoms with E-state index in [9.17, 15) is 13.2 Å². The van der Waals surface area contributed by atoms with Crippen LogP contribution >= 0.6 is 0 Å². The van der Waals surface area contributed by atoms with Crippen molar-refractivity contribution in [3.8, 4) is 11.4 Å². The number of rotatable bonds is 5. The van der Waals surface area contributed by atoms with E-state index in [1.807, 2.05) is 6.92 Å². The maximum atomic E-state index is 12.8. The molecule has 0 unspecified atom stereocenters. The van der Waals surface area contributed by atoms with E-state index >= 15 is 0 Å². The highest BCUT2D eigenvalue weighted by atomic mass is 32.2. The number of hydrogen-bond acceptors (Lipinski definition) is 6. The van der Waals surface area contributed by atoms with E-state index in [0.29, 0.717) is 36.2 Å². The Balaban J connectivity index is 1.50. The van der Waals surface area contributed by atoms with Crippen LogP contribution in [0.15, 0.2) is 28.8 Å². The van der Waals surface area contributed by atoms with Crippen LogP contribution in [-0.4, -0.2) is 53.5 Å². The number of amides is 1. The predicted molar refractivity (Wildman–Crippen MR) is 95.5 cm³/mol. The van der Waals surface area contributed by atoms with Crippen molar-refractivity contribution in [1.29, 1.82) is 0 Å². The zero-order valence-corrected chi connectivity index (χ0v) is 15.4. The fourth-order valence-corrected chi connectivity index (χ4v) is 5.10. The Morgan fingerprint density at radius 3 is 2.54 bits per heavy atom. The van der Waals surface area contributed by atoms with Crippen LogP contribution in [0, 0.1) is 0 Å². The first-order valence-electron chi connectivity index (χ1n) is 8.92. The molecule has 1 atom stereocenters. The smallest absolute Gasteiger partial charge is 0.254 e. The minimum Gasteiger partial charge on any atom is -0.339 e. The molecule has 4 rings (SSSR count). The maximum Gasteiger partial charge on any atom is 0.254 e. The summed E-state index contributed by atoms with van der Waals surface area (Å²) in [5.41, 5.74) is 1.33. The van der Waals surface area contributed by atoms with Gasteiger partial charge < -0.3 is 9.42 Å². The van der Waals surface area contributed by atoms with Crippen molar-refractivity contribution in [2.45, 2.75) is 38.1 Å². The Labute approximate surface area is 152 Å². The fourth-order valence-electron chi connectivity index (χ4n) is 3.37. The van der Waals surface area contributed by atoms with Gasteiger partial charge in [-0.05, 0) is 38.3 Å². The van der Waals surface area contributed by atoms with Crippen molar-refractivity contribution < 1.29 is 17.7 Å². The number of sulfone groups is 1. The van der Waals surface area contributed by atoms with E-state index in [2.05, 4.69) is 10.1 Å². The quantitative estimate of drug-likeness (QED) is 0.796. The van der Waals surface area contributed by atoms with Crippen molar-refractivity contribution >= 4 is 15.7 Å². The van der Waals surface area contributed by atoms with E-state index in [-0.39, 0.29) is 23.5 Å². The van der Waals surface area contributed by atoms with Crippen LogP contribution in [0.2, 0.25) is 0 Å². The number of carbonyl (C=O) groups excluding carboxylic acids is 1. The second-order valence-electron chi connectivity index (χ2n) is 6.96. The van der Waals surface area contributed by atoms with Crippen molar-refractivity contribution in [3.63, 3.8) is 0 Å². The standard InChI is InChI=1S/C18H21N3O4S/c1-2-21(15-9-10-26(23,24)11-15)18(22)14-7-3-12(4-8-14)16-19-17(25-20-16)13-5-6-13/h3-4,7-8,13,15H,2,5-6,9-11H2,1H3/t15-/m1/s1. The lowest BCUT2D eigenvalue weighted by atomic mass is 10.1. The van der Waals surface area contributed by atoms with Gasteiger partial charge in [0.1, 0.15) is 0 Å². The average molecular weight is 375 g/mol. The predicted octanol–water partition coefficient (Wildman–Crippen LogP) is 2.26. The molecular formula is C18H21N3O4S. The summed E-state index contributed by atoms with van der Waals surface area (Å²) in [5, 5.41) is 4.00. The van der Waals surface area contributed by atoms with Crippen LogP contribution in [0.4, 0.5) is 0 Å². The van der Waals surface area contributed by atoms with Gasteiger partial charge in [0, 0.05) is 29.6 Å². The molecule has 0 spiro atoms. The molecule has 1 saturated heterocycles. The molecule has 1 amide bonds. The summed E-state index contributed by atoms with van der Waals surface area (Å²) in [4.78, 5) is 18.9. The van der Waals surface area contributed by atoms with Crippen molar-refractivity contribution in [2.75, 3.05) is 18.1 Å². The molecule has 0 radical (unpaired) electrons. The summed E-state index contributed by atoms with van der Waals surface area (Å²) in [6.45, 7) is 2.35. The second-order valence-corrected chi connectivity index (χ2v) is 9.18. The third-order valence-corrected chi connectivity index (χ3v) is 6.76. The molecule has 2 aliphatic rings. The topological polar surface area (TPSA) is 93.4 Å². The van der Waals surface area contributed by atoms with Crippen molar-refractivity contribution in [1.82, 2.24) is 15.0 Å². The maximum absolute atomic E-state index is 12.8. The molecule has 138 valence electrons. The first-order chi connectivity index (χ1) is 12.5. The van der Waals surface area contributed by atoms with Gasteiger partial charge >= 0.3 is 0 Å². The van der Waals surface area contributed by atoms with Gasteiger partial charge in [-0.2, -0.15) is 4.98 Å². The number of carbonyl (C=O) groups is 1. The largest absolute Gasteiger partial charge is 0.339 e. The summed E-state index contributed by atoms with van der Waals surface area (Å²) in [7, 11) is -3.03. The van der Waals surface area contributed by atoms with Gasteiger partial charge in [0.15, 0.2) is 9.84 Å². The van der Waals surface area contributed by atoms with Crippen LogP contribution < -0.4 is 0 Å². The fraction of sp³-hybridized carbons (Fsp3) is 0.500. The van der Waals surface area contributed by atoms with Gasteiger partial charge in [0.05, 0.1) is 11.5 Å². The molecule has 1 saturated carbocycles. The van der Waals surface area contributed by atoms with Gasteiger partial charge in [-0.15, -0.1) is 0 Å². The molecule has 1 aliphatic carbocycles. The highest BCUT2D eigenvalue weighted by molar-refractivity contribution is 7.91. The molecule has 1 aromatic heterocycles. The first kappa shape index (κ1) is 17.2. The van der Waals surface area contributed by atoms with E-state index in [4.69, 9.17) is 4.52 Å². The molecule has 2 heterocycles. The van der Waals surface area contributed by atoms with E-state index in [0.717, 1.165) is 18.4 Å². The van der Waals surface area contributed by atoms with Gasteiger partial charge in [-0.1, -0.05) is 17.3 Å². The summed E-state index contributed by atoms with van der Waals surface area (Å²) in [6.07, 6.45) is 2.70. The molecule has 1 aromatic carbocycles. The summed E-state index contributed by atoms with van der Waals surface area (Å²) >= 11 is 0. The van der Waals surface area contributed by atoms with Crippen LogP contribution in [0.5, 0.6) is 0 Å². The van der Waals surface area contributed by atoms with Gasteiger partial charge in [0.25, 0.3) is 5.91 Å². The number of aromatic nitrogens is 2. The Morgan fingerprint density at radius 2 is 1.96 bits per heavy atom. The third-order valence-electron chi connectivity index (χ3n) is 5.01. The second kappa shape index (κ2) is 6.50. The molecule has 1 aliphatic heterocycles. The number of benzene rings is 1. The molecular weight excluding hydrogens is 354 g/mol. The molecule has 8 heteroatoms. The average Bonchev–Trinajstić information content (AvgIpc) is 3.25. The number of hydrogen-bond donors (Lipinski definition) is 0. The monoisotopic (exact) mass is 375 g/mol. The highest BCUT2D eigenvalue weighted by Gasteiger charge is 2.34. The molecule has 26 heavy (non-hydrogen) atoms. The lowest BCUT2D eigenvalue weighted by Gasteiger charge is -2.27. The minimum atomic E-state index is -3.03. The molecule has 0 N–H and O–H groups in total. The molecule has 0 bridgehead atoms. The first-order valence-corrected chi connectivity index (χ1v) is 10.7. The highest BCUT2D eigenvalue weighted by Crippen LogP contribution is 2.39. The van der Waals surface area contributed by atoms with Crippen molar-refractivity contribution in [3.05, 3.63) is 35.7 Å². The third kappa shape index (κ3) is 3.38. The molecule has 2 fully saturated rings. The van der Waals surface area contributed by atoms with Gasteiger partial charge in [0.2, 0.25) is 11.7 Å².